The molecule has 8 heteroatoms. The predicted octanol–water partition coefficient (Wildman–Crippen LogP) is 4.25. The fourth-order valence-electron chi connectivity index (χ4n) is 3.56. The van der Waals surface area contributed by atoms with Crippen LogP contribution in [0.15, 0.2) is 42.7 Å². The Bertz CT molecular complexity index is 1080. The van der Waals surface area contributed by atoms with Crippen LogP contribution in [0.2, 0.25) is 0 Å². The van der Waals surface area contributed by atoms with E-state index in [4.69, 9.17) is 10.1 Å². The van der Waals surface area contributed by atoms with E-state index >= 15 is 0 Å². The van der Waals surface area contributed by atoms with Gasteiger partial charge in [0.05, 0.1) is 0 Å². The van der Waals surface area contributed by atoms with Crippen LogP contribution in [0.5, 0.6) is 0 Å². The van der Waals surface area contributed by atoms with Gasteiger partial charge in [-0.2, -0.15) is 10.3 Å². The predicted molar refractivity (Wildman–Crippen MR) is 119 cm³/mol. The molecule has 3 aromatic heterocycles. The summed E-state index contributed by atoms with van der Waals surface area (Å²) in [5.74, 6) is 2.57. The Kier molecular flexibility index (Phi) is 6.76. The van der Waals surface area contributed by atoms with E-state index in [9.17, 15) is 0 Å². The van der Waals surface area contributed by atoms with E-state index in [1.807, 2.05) is 12.3 Å². The second-order valence-corrected chi connectivity index (χ2v) is 7.65. The molecule has 0 radical (unpaired) electrons. The Balaban J connectivity index is 1.55. The summed E-state index contributed by atoms with van der Waals surface area (Å²) in [7, 11) is 0. The number of benzene rings is 1. The molecule has 0 saturated heterocycles. The van der Waals surface area contributed by atoms with Crippen molar-refractivity contribution in [1.29, 1.82) is 0 Å². The second kappa shape index (κ2) is 10.1. The Hall–Kier alpha value is -3.42. The minimum Gasteiger partial charge on any atom is -0.264 e. The van der Waals surface area contributed by atoms with Crippen molar-refractivity contribution in [3.8, 4) is 22.5 Å². The molecule has 0 spiro atoms. The Morgan fingerprint density at radius 2 is 1.81 bits per heavy atom. The van der Waals surface area contributed by atoms with Crippen LogP contribution in [0.1, 0.15) is 56.7 Å². The highest BCUT2D eigenvalue weighted by Crippen LogP contribution is 2.29. The smallest absolute Gasteiger partial charge is 0.205 e. The molecule has 8 nitrogen and oxygen atoms in total. The number of aryl methyl sites for hydroxylation is 2. The van der Waals surface area contributed by atoms with Crippen molar-refractivity contribution in [3.63, 3.8) is 0 Å². The monoisotopic (exact) mass is 416 g/mol. The first-order valence-electron chi connectivity index (χ1n) is 11.0. The lowest BCUT2D eigenvalue weighted by Crippen LogP contribution is -2.06. The van der Waals surface area contributed by atoms with Gasteiger partial charge in [0, 0.05) is 42.9 Å². The molecule has 0 saturated carbocycles. The van der Waals surface area contributed by atoms with Gasteiger partial charge in [0.15, 0.2) is 5.82 Å². The molecule has 1 N–H and O–H groups in total. The number of hydrogen-bond acceptors (Lipinski definition) is 6. The molecule has 0 aliphatic heterocycles. The summed E-state index contributed by atoms with van der Waals surface area (Å²) in [5.41, 5.74) is 4.15. The maximum atomic E-state index is 4.84. The standard InChI is InChI=1S/C23H28N8/c1-3-5-7-21-25-22(31(28-21)14-6-4-2)15-17-8-10-18(11-9-17)20-16-24-13-12-19(20)23-26-29-30-27-23/h8-13,16H,3-7,14-15H2,1-2H3,(H,26,27,29,30). The van der Waals surface area contributed by atoms with Gasteiger partial charge in [-0.3, -0.25) is 4.98 Å². The molecule has 4 rings (SSSR count). The third-order valence-electron chi connectivity index (χ3n) is 5.30. The summed E-state index contributed by atoms with van der Waals surface area (Å²) in [6.45, 7) is 5.32. The van der Waals surface area contributed by atoms with Crippen LogP contribution in [-0.4, -0.2) is 40.4 Å². The second-order valence-electron chi connectivity index (χ2n) is 7.65. The van der Waals surface area contributed by atoms with Gasteiger partial charge in [0.25, 0.3) is 0 Å². The third-order valence-corrected chi connectivity index (χ3v) is 5.30. The van der Waals surface area contributed by atoms with E-state index in [0.717, 1.165) is 73.4 Å². The molecule has 1 aromatic carbocycles. The van der Waals surface area contributed by atoms with Gasteiger partial charge in [-0.1, -0.05) is 51.0 Å². The number of nitrogens with one attached hydrogen (secondary N) is 1. The normalized spacial score (nSPS) is 11.2. The van der Waals surface area contributed by atoms with Gasteiger partial charge in [-0.25, -0.2) is 9.67 Å². The first-order chi connectivity index (χ1) is 15.3. The summed E-state index contributed by atoms with van der Waals surface area (Å²) in [5, 5.41) is 19.2. The van der Waals surface area contributed by atoms with Crippen LogP contribution in [-0.2, 0) is 19.4 Å². The zero-order valence-corrected chi connectivity index (χ0v) is 18.1. The van der Waals surface area contributed by atoms with Crippen molar-refractivity contribution in [2.45, 2.75) is 58.9 Å². The van der Waals surface area contributed by atoms with Crippen molar-refractivity contribution >= 4 is 0 Å². The van der Waals surface area contributed by atoms with Gasteiger partial charge >= 0.3 is 0 Å². The zero-order valence-electron chi connectivity index (χ0n) is 18.1. The number of aromatic amines is 1. The van der Waals surface area contributed by atoms with Crippen LogP contribution in [0, 0.1) is 0 Å². The largest absolute Gasteiger partial charge is 0.264 e. The van der Waals surface area contributed by atoms with Crippen LogP contribution >= 0.6 is 0 Å². The highest BCUT2D eigenvalue weighted by molar-refractivity contribution is 5.79. The van der Waals surface area contributed by atoms with Gasteiger partial charge < -0.3 is 0 Å². The van der Waals surface area contributed by atoms with Crippen molar-refractivity contribution in [3.05, 3.63) is 59.9 Å². The molecule has 0 atom stereocenters. The maximum Gasteiger partial charge on any atom is 0.205 e. The molecular weight excluding hydrogens is 388 g/mol. The van der Waals surface area contributed by atoms with E-state index in [2.05, 4.69) is 68.4 Å². The number of H-pyrrole nitrogens is 1. The summed E-state index contributed by atoms with van der Waals surface area (Å²) in [6, 6.07) is 10.4. The fraction of sp³-hybridized carbons (Fsp3) is 0.391. The molecule has 0 aliphatic carbocycles. The number of tetrazole rings is 1. The molecule has 0 fully saturated rings. The van der Waals surface area contributed by atoms with Crippen LogP contribution in [0.25, 0.3) is 22.5 Å². The zero-order chi connectivity index (χ0) is 21.5. The van der Waals surface area contributed by atoms with Crippen LogP contribution < -0.4 is 0 Å². The Morgan fingerprint density at radius 3 is 2.55 bits per heavy atom. The van der Waals surface area contributed by atoms with Crippen LogP contribution in [0.3, 0.4) is 0 Å². The van der Waals surface area contributed by atoms with E-state index < -0.39 is 0 Å². The molecule has 31 heavy (non-hydrogen) atoms. The van der Waals surface area contributed by atoms with E-state index in [1.54, 1.807) is 6.20 Å². The first kappa shape index (κ1) is 20.8. The molecule has 0 aliphatic rings. The van der Waals surface area contributed by atoms with E-state index in [-0.39, 0.29) is 0 Å². The lowest BCUT2D eigenvalue weighted by Gasteiger charge is -2.08. The molecule has 160 valence electrons. The molecule has 3 heterocycles. The van der Waals surface area contributed by atoms with Gasteiger partial charge in [-0.05, 0) is 35.2 Å². The highest BCUT2D eigenvalue weighted by atomic mass is 15.5. The molecule has 0 bridgehead atoms. The fourth-order valence-corrected chi connectivity index (χ4v) is 3.56. The number of unbranched alkanes of at least 4 members (excludes halogenated alkanes) is 2. The number of pyridine rings is 1. The highest BCUT2D eigenvalue weighted by Gasteiger charge is 2.13. The minimum atomic E-state index is 0.560. The van der Waals surface area contributed by atoms with Crippen molar-refractivity contribution < 1.29 is 0 Å². The minimum absolute atomic E-state index is 0.560. The Morgan fingerprint density at radius 1 is 0.968 bits per heavy atom. The number of hydrogen-bond donors (Lipinski definition) is 1. The van der Waals surface area contributed by atoms with Crippen molar-refractivity contribution in [2.75, 3.05) is 0 Å². The first-order valence-corrected chi connectivity index (χ1v) is 11.0. The van der Waals surface area contributed by atoms with Crippen molar-refractivity contribution in [2.24, 2.45) is 0 Å². The lowest BCUT2D eigenvalue weighted by atomic mass is 9.99. The average molecular weight is 417 g/mol. The summed E-state index contributed by atoms with van der Waals surface area (Å²) >= 11 is 0. The van der Waals surface area contributed by atoms with E-state index in [1.165, 1.54) is 5.56 Å². The lowest BCUT2D eigenvalue weighted by molar-refractivity contribution is 0.544. The van der Waals surface area contributed by atoms with Gasteiger partial charge in [0.1, 0.15) is 5.82 Å². The number of nitrogens with zero attached hydrogens (tertiary/aromatic N) is 7. The van der Waals surface area contributed by atoms with Gasteiger partial charge in [-0.15, -0.1) is 10.2 Å². The summed E-state index contributed by atoms with van der Waals surface area (Å²) < 4.78 is 2.10. The maximum absolute atomic E-state index is 4.84. The molecular formula is C23H28N8. The number of aromatic nitrogens is 8. The summed E-state index contributed by atoms with van der Waals surface area (Å²) in [6.07, 6.45) is 9.83. The molecule has 0 unspecified atom stereocenters. The van der Waals surface area contributed by atoms with Crippen LogP contribution in [0.4, 0.5) is 0 Å². The average Bonchev–Trinajstić information content (AvgIpc) is 3.47. The van der Waals surface area contributed by atoms with Crippen molar-refractivity contribution in [1.82, 2.24) is 40.4 Å². The van der Waals surface area contributed by atoms with Gasteiger partial charge in [0.2, 0.25) is 5.82 Å². The Labute approximate surface area is 182 Å². The third kappa shape index (κ3) is 5.02. The molecule has 4 aromatic rings. The topological polar surface area (TPSA) is 98.1 Å². The van der Waals surface area contributed by atoms with E-state index in [0.29, 0.717) is 5.82 Å². The SMILES string of the molecule is CCCCc1nc(Cc2ccc(-c3cnccc3-c3nn[nH]n3)cc2)n(CCCC)n1. The summed E-state index contributed by atoms with van der Waals surface area (Å²) in [4.78, 5) is 9.12. The quantitative estimate of drug-likeness (QED) is 0.415. The number of rotatable bonds is 10. The molecule has 0 amide bonds.